The summed E-state index contributed by atoms with van der Waals surface area (Å²) in [4.78, 5) is 27.1. The van der Waals surface area contributed by atoms with Crippen molar-refractivity contribution in [2.45, 2.75) is 13.3 Å². The highest BCUT2D eigenvalue weighted by atomic mass is 16.5. The molecule has 0 atom stereocenters. The molecule has 0 unspecified atom stereocenters. The van der Waals surface area contributed by atoms with Gasteiger partial charge in [-0.05, 0) is 47.0 Å². The van der Waals surface area contributed by atoms with Crippen LogP contribution in [0.25, 0.3) is 11.8 Å². The van der Waals surface area contributed by atoms with Gasteiger partial charge in [0.2, 0.25) is 0 Å². The molecule has 4 rings (SSSR count). The van der Waals surface area contributed by atoms with Gasteiger partial charge in [0.25, 0.3) is 5.91 Å². The normalized spacial score (nSPS) is 13.3. The predicted molar refractivity (Wildman–Crippen MR) is 107 cm³/mol. The second-order valence-electron chi connectivity index (χ2n) is 6.58. The minimum absolute atomic E-state index is 0.133. The lowest BCUT2D eigenvalue weighted by Gasteiger charge is -2.17. The number of nitrogens with zero attached hydrogens (tertiary/aromatic N) is 5. The van der Waals surface area contributed by atoms with E-state index in [4.69, 9.17) is 4.74 Å². The van der Waals surface area contributed by atoms with Crippen LogP contribution in [0.5, 0.6) is 0 Å². The molecule has 0 fully saturated rings. The van der Waals surface area contributed by atoms with Crippen molar-refractivity contribution in [3.05, 3.63) is 71.5 Å². The third-order valence-corrected chi connectivity index (χ3v) is 4.68. The monoisotopic (exact) mass is 389 g/mol. The van der Waals surface area contributed by atoms with E-state index in [0.29, 0.717) is 12.4 Å². The Morgan fingerprint density at radius 1 is 1.10 bits per heavy atom. The van der Waals surface area contributed by atoms with Crippen LogP contribution in [0.3, 0.4) is 0 Å². The van der Waals surface area contributed by atoms with Crippen LogP contribution >= 0.6 is 0 Å². The maximum Gasteiger partial charge on any atom is 0.357 e. The minimum atomic E-state index is -0.676. The van der Waals surface area contributed by atoms with Crippen molar-refractivity contribution in [2.24, 2.45) is 0 Å². The molecule has 0 saturated carbocycles. The summed E-state index contributed by atoms with van der Waals surface area (Å²) >= 11 is 0. The summed E-state index contributed by atoms with van der Waals surface area (Å²) in [6, 6.07) is 17.0. The number of aromatic nitrogens is 4. The third kappa shape index (κ3) is 3.91. The van der Waals surface area contributed by atoms with Crippen LogP contribution in [0, 0.1) is 6.92 Å². The summed E-state index contributed by atoms with van der Waals surface area (Å²) in [5.41, 5.74) is 2.90. The van der Waals surface area contributed by atoms with Gasteiger partial charge >= 0.3 is 5.97 Å². The molecule has 0 radical (unpaired) electrons. The predicted octanol–water partition coefficient (Wildman–Crippen LogP) is 2.11. The number of benzene rings is 2. The molecule has 146 valence electrons. The summed E-state index contributed by atoms with van der Waals surface area (Å²) in [5, 5.41) is 11.3. The van der Waals surface area contributed by atoms with Crippen LogP contribution in [-0.2, 0) is 20.7 Å². The molecule has 0 aliphatic carbocycles. The van der Waals surface area contributed by atoms with Gasteiger partial charge in [0.05, 0.1) is 0 Å². The van der Waals surface area contributed by atoms with Crippen molar-refractivity contribution >= 4 is 29.3 Å². The highest BCUT2D eigenvalue weighted by Gasteiger charge is 2.26. The topological polar surface area (TPSA) is 90.2 Å². The molecule has 1 aliphatic heterocycles. The largest absolute Gasteiger partial charge is 0.451 e. The van der Waals surface area contributed by atoms with Gasteiger partial charge in [0.1, 0.15) is 0 Å². The first-order chi connectivity index (χ1) is 14.1. The van der Waals surface area contributed by atoms with E-state index in [0.717, 1.165) is 23.2 Å². The molecule has 1 aromatic heterocycles. The Kier molecular flexibility index (Phi) is 5.15. The van der Waals surface area contributed by atoms with Gasteiger partial charge in [-0.3, -0.25) is 4.79 Å². The first-order valence-corrected chi connectivity index (χ1v) is 9.21. The van der Waals surface area contributed by atoms with Crippen molar-refractivity contribution in [1.82, 2.24) is 20.2 Å². The highest BCUT2D eigenvalue weighted by Crippen LogP contribution is 2.27. The number of hydrogen-bond donors (Lipinski definition) is 0. The van der Waals surface area contributed by atoms with Crippen LogP contribution in [-0.4, -0.2) is 45.2 Å². The van der Waals surface area contributed by atoms with Gasteiger partial charge in [-0.1, -0.05) is 48.5 Å². The molecule has 0 bridgehead atoms. The van der Waals surface area contributed by atoms with E-state index in [9.17, 15) is 9.59 Å². The third-order valence-electron chi connectivity index (χ3n) is 4.68. The number of para-hydroxylation sites is 1. The standard InChI is InChI=1S/C21H19N5O3/c1-15-22-23-24-26(15)19(13-16-7-3-2-4-8-16)21(28)29-14-20(27)25-12-11-17-9-5-6-10-18(17)25/h2-10,13H,11-12,14H2,1H3/b19-13+. The van der Waals surface area contributed by atoms with E-state index >= 15 is 0 Å². The molecule has 29 heavy (non-hydrogen) atoms. The zero-order chi connectivity index (χ0) is 20.2. The number of carbonyl (C=O) groups is 2. The van der Waals surface area contributed by atoms with Crippen molar-refractivity contribution in [3.8, 4) is 0 Å². The van der Waals surface area contributed by atoms with E-state index in [1.54, 1.807) is 17.9 Å². The first-order valence-electron chi connectivity index (χ1n) is 9.21. The fraction of sp³-hybridized carbons (Fsp3) is 0.190. The Labute approximate surface area is 167 Å². The molecule has 1 aliphatic rings. The van der Waals surface area contributed by atoms with Gasteiger partial charge in [-0.15, -0.1) is 5.10 Å². The molecule has 8 heteroatoms. The average Bonchev–Trinajstić information content (AvgIpc) is 3.37. The Hall–Kier alpha value is -3.81. The number of ether oxygens (including phenoxy) is 1. The molecule has 3 aromatic rings. The van der Waals surface area contributed by atoms with Gasteiger partial charge in [-0.2, -0.15) is 4.68 Å². The van der Waals surface area contributed by atoms with Crippen molar-refractivity contribution < 1.29 is 14.3 Å². The molecule has 0 spiro atoms. The number of tetrazole rings is 1. The van der Waals surface area contributed by atoms with Crippen LogP contribution in [0.2, 0.25) is 0 Å². The Morgan fingerprint density at radius 2 is 1.86 bits per heavy atom. The molecule has 2 aromatic carbocycles. The van der Waals surface area contributed by atoms with Gasteiger partial charge in [-0.25, -0.2) is 4.79 Å². The van der Waals surface area contributed by atoms with Crippen LogP contribution in [0.15, 0.2) is 54.6 Å². The fourth-order valence-electron chi connectivity index (χ4n) is 3.24. The van der Waals surface area contributed by atoms with Crippen LogP contribution in [0.4, 0.5) is 5.69 Å². The number of fused-ring (bicyclic) bond motifs is 1. The van der Waals surface area contributed by atoms with E-state index in [-0.39, 0.29) is 18.2 Å². The number of carbonyl (C=O) groups excluding carboxylic acids is 2. The first kappa shape index (κ1) is 18.5. The van der Waals surface area contributed by atoms with Crippen molar-refractivity contribution in [2.75, 3.05) is 18.1 Å². The number of anilines is 1. The fourth-order valence-corrected chi connectivity index (χ4v) is 3.24. The smallest absolute Gasteiger partial charge is 0.357 e. The lowest BCUT2D eigenvalue weighted by atomic mass is 10.2. The molecular formula is C21H19N5O3. The van der Waals surface area contributed by atoms with Gasteiger partial charge in [0, 0.05) is 12.2 Å². The van der Waals surface area contributed by atoms with Gasteiger partial charge < -0.3 is 9.64 Å². The van der Waals surface area contributed by atoms with E-state index in [1.165, 1.54) is 4.68 Å². The Balaban J connectivity index is 1.51. The highest BCUT2D eigenvalue weighted by molar-refractivity contribution is 6.15. The lowest BCUT2D eigenvalue weighted by Crippen LogP contribution is -2.33. The summed E-state index contributed by atoms with van der Waals surface area (Å²) in [5.74, 6) is -0.509. The second-order valence-corrected chi connectivity index (χ2v) is 6.58. The number of aryl methyl sites for hydroxylation is 1. The number of hydrogen-bond acceptors (Lipinski definition) is 6. The molecule has 0 saturated heterocycles. The number of rotatable bonds is 5. The minimum Gasteiger partial charge on any atom is -0.451 e. The number of esters is 1. The Bertz CT molecular complexity index is 1070. The number of amides is 1. The molecule has 2 heterocycles. The summed E-state index contributed by atoms with van der Waals surface area (Å²) in [7, 11) is 0. The summed E-state index contributed by atoms with van der Waals surface area (Å²) < 4.78 is 6.63. The maximum atomic E-state index is 12.8. The van der Waals surface area contributed by atoms with E-state index in [2.05, 4.69) is 15.5 Å². The van der Waals surface area contributed by atoms with E-state index in [1.807, 2.05) is 54.6 Å². The summed E-state index contributed by atoms with van der Waals surface area (Å²) in [6.45, 7) is 1.90. The Morgan fingerprint density at radius 3 is 2.62 bits per heavy atom. The van der Waals surface area contributed by atoms with Crippen LogP contribution in [0.1, 0.15) is 17.0 Å². The molecular weight excluding hydrogens is 370 g/mol. The maximum absolute atomic E-state index is 12.8. The second kappa shape index (κ2) is 8.05. The molecule has 0 N–H and O–H groups in total. The van der Waals surface area contributed by atoms with E-state index < -0.39 is 5.97 Å². The van der Waals surface area contributed by atoms with Crippen molar-refractivity contribution in [3.63, 3.8) is 0 Å². The lowest BCUT2D eigenvalue weighted by molar-refractivity contribution is -0.142. The summed E-state index contributed by atoms with van der Waals surface area (Å²) in [6.07, 6.45) is 2.42. The van der Waals surface area contributed by atoms with Crippen LogP contribution < -0.4 is 4.90 Å². The zero-order valence-corrected chi connectivity index (χ0v) is 15.9. The average molecular weight is 389 g/mol. The quantitative estimate of drug-likeness (QED) is 0.490. The van der Waals surface area contributed by atoms with Gasteiger partial charge in [0.15, 0.2) is 18.1 Å². The molecule has 1 amide bonds. The van der Waals surface area contributed by atoms with Crippen molar-refractivity contribution in [1.29, 1.82) is 0 Å². The zero-order valence-electron chi connectivity index (χ0n) is 15.9. The molecule has 8 nitrogen and oxygen atoms in total. The SMILES string of the molecule is Cc1nnnn1/C(=C/c1ccccc1)C(=O)OCC(=O)N1CCc2ccccc21.